The Morgan fingerprint density at radius 1 is 1.17 bits per heavy atom. The van der Waals surface area contributed by atoms with Crippen LogP contribution in [0.1, 0.15) is 60.0 Å². The topological polar surface area (TPSA) is 85.0 Å². The van der Waals surface area contributed by atoms with Gasteiger partial charge in [0.05, 0.1) is 17.4 Å². The van der Waals surface area contributed by atoms with Gasteiger partial charge in [-0.2, -0.15) is 0 Å². The fourth-order valence-corrected chi connectivity index (χ4v) is 4.99. The standard InChI is InChI=1S/C19H23BrN2OS.C4H4N2.C4H5NO/c1-2-3-5-14-7-8-15(10-18(14)20)19(23)22-9-4-6-17(22)11-16-12-24-13-21-16;1-2-6-4-3-5-1;1-4-2-3-5-6-4/h7-8,10,12-13,17H,2-6,9,11H2,1H3;1-4H;2-3H,1H3. The summed E-state index contributed by atoms with van der Waals surface area (Å²) in [6.45, 7) is 4.90. The van der Waals surface area contributed by atoms with E-state index in [0.717, 1.165) is 53.7 Å². The SMILES string of the molecule is CCCCc1ccc(C(=O)N2CCCC2Cc2cscn2)cc1Br.Cc1ccno1.c1cnccn1. The molecule has 7 nitrogen and oxygen atoms in total. The summed E-state index contributed by atoms with van der Waals surface area (Å²) >= 11 is 5.26. The first-order chi connectivity index (χ1) is 17.6. The number of unbranched alkanes of at least 4 members (excludes halogenated alkanes) is 1. The van der Waals surface area contributed by atoms with Gasteiger partial charge in [-0.25, -0.2) is 4.98 Å². The number of likely N-dealkylation sites (tertiary alicyclic amines) is 1. The Labute approximate surface area is 225 Å². The molecule has 0 radical (unpaired) electrons. The van der Waals surface area contributed by atoms with Crippen molar-refractivity contribution in [3.05, 3.63) is 93.2 Å². The summed E-state index contributed by atoms with van der Waals surface area (Å²) in [7, 11) is 0. The van der Waals surface area contributed by atoms with Crippen molar-refractivity contribution in [2.75, 3.05) is 6.54 Å². The average molecular weight is 571 g/mol. The molecule has 3 aromatic heterocycles. The van der Waals surface area contributed by atoms with E-state index in [1.165, 1.54) is 18.4 Å². The van der Waals surface area contributed by atoms with Gasteiger partial charge in [-0.05, 0) is 50.3 Å². The van der Waals surface area contributed by atoms with Gasteiger partial charge >= 0.3 is 0 Å². The van der Waals surface area contributed by atoms with E-state index in [4.69, 9.17) is 0 Å². The Balaban J connectivity index is 0.000000244. The van der Waals surface area contributed by atoms with Gasteiger partial charge in [0, 0.05) is 65.3 Å². The first kappa shape index (κ1) is 27.7. The van der Waals surface area contributed by atoms with Crippen LogP contribution < -0.4 is 0 Å². The number of hydrogen-bond acceptors (Lipinski definition) is 7. The molecular formula is C27H32BrN5O2S. The summed E-state index contributed by atoms with van der Waals surface area (Å²) in [5, 5.41) is 5.53. The molecule has 190 valence electrons. The number of thiazole rings is 1. The lowest BCUT2D eigenvalue weighted by Crippen LogP contribution is -2.36. The normalized spacial score (nSPS) is 14.4. The maximum Gasteiger partial charge on any atom is 0.254 e. The van der Waals surface area contributed by atoms with Crippen molar-refractivity contribution in [1.29, 1.82) is 0 Å². The highest BCUT2D eigenvalue weighted by atomic mass is 79.9. The van der Waals surface area contributed by atoms with Crippen molar-refractivity contribution in [3.63, 3.8) is 0 Å². The van der Waals surface area contributed by atoms with E-state index in [9.17, 15) is 4.79 Å². The largest absolute Gasteiger partial charge is 0.362 e. The van der Waals surface area contributed by atoms with Crippen LogP contribution in [0.15, 0.2) is 75.1 Å². The third-order valence-electron chi connectivity index (χ3n) is 5.71. The molecule has 1 aliphatic heterocycles. The van der Waals surface area contributed by atoms with Crippen LogP contribution in [-0.2, 0) is 12.8 Å². The van der Waals surface area contributed by atoms with Crippen LogP contribution in [-0.4, -0.2) is 43.5 Å². The van der Waals surface area contributed by atoms with Gasteiger partial charge in [0.2, 0.25) is 0 Å². The highest BCUT2D eigenvalue weighted by Gasteiger charge is 2.30. The lowest BCUT2D eigenvalue weighted by atomic mass is 10.0. The molecule has 0 saturated carbocycles. The maximum absolute atomic E-state index is 13.0. The summed E-state index contributed by atoms with van der Waals surface area (Å²) in [6, 6.07) is 8.15. The highest BCUT2D eigenvalue weighted by Crippen LogP contribution is 2.26. The molecule has 0 N–H and O–H groups in total. The Hall–Kier alpha value is -2.91. The predicted octanol–water partition coefficient (Wildman–Crippen LogP) is 6.56. The van der Waals surface area contributed by atoms with E-state index >= 15 is 0 Å². The number of halogens is 1. The number of nitrogens with zero attached hydrogens (tertiary/aromatic N) is 5. The minimum atomic E-state index is 0.149. The summed E-state index contributed by atoms with van der Waals surface area (Å²) in [5.41, 5.74) is 5.03. The fraction of sp³-hybridized carbons (Fsp3) is 0.370. The van der Waals surface area contributed by atoms with Crippen molar-refractivity contribution >= 4 is 33.2 Å². The fourth-order valence-electron chi connectivity index (χ4n) is 3.84. The van der Waals surface area contributed by atoms with Gasteiger partial charge in [0.1, 0.15) is 5.76 Å². The number of amides is 1. The van der Waals surface area contributed by atoms with Crippen LogP contribution in [0, 0.1) is 6.92 Å². The third kappa shape index (κ3) is 8.95. The number of benzene rings is 1. The monoisotopic (exact) mass is 569 g/mol. The molecule has 5 rings (SSSR count). The third-order valence-corrected chi connectivity index (χ3v) is 7.08. The van der Waals surface area contributed by atoms with Gasteiger partial charge in [-0.3, -0.25) is 14.8 Å². The smallest absolute Gasteiger partial charge is 0.254 e. The van der Waals surface area contributed by atoms with Crippen LogP contribution in [0.3, 0.4) is 0 Å². The first-order valence-electron chi connectivity index (χ1n) is 12.1. The van der Waals surface area contributed by atoms with Gasteiger partial charge in [-0.1, -0.05) is 40.5 Å². The molecule has 1 saturated heterocycles. The molecule has 1 aliphatic rings. The second-order valence-electron chi connectivity index (χ2n) is 8.41. The summed E-state index contributed by atoms with van der Waals surface area (Å²) in [4.78, 5) is 26.8. The molecule has 1 atom stereocenters. The van der Waals surface area contributed by atoms with E-state index in [-0.39, 0.29) is 11.9 Å². The van der Waals surface area contributed by atoms with Crippen LogP contribution in [0.25, 0.3) is 0 Å². The first-order valence-corrected chi connectivity index (χ1v) is 13.9. The molecule has 1 amide bonds. The number of aryl methyl sites for hydroxylation is 2. The maximum atomic E-state index is 13.0. The predicted molar refractivity (Wildman–Crippen MR) is 146 cm³/mol. The zero-order valence-electron chi connectivity index (χ0n) is 20.7. The number of rotatable bonds is 6. The van der Waals surface area contributed by atoms with Gasteiger partial charge < -0.3 is 9.42 Å². The number of hydrogen-bond donors (Lipinski definition) is 0. The molecular weight excluding hydrogens is 538 g/mol. The van der Waals surface area contributed by atoms with Gasteiger partial charge in [0.15, 0.2) is 0 Å². The Morgan fingerprint density at radius 2 is 1.94 bits per heavy atom. The second kappa shape index (κ2) is 15.3. The van der Waals surface area contributed by atoms with Crippen LogP contribution in [0.5, 0.6) is 0 Å². The molecule has 0 aliphatic carbocycles. The summed E-state index contributed by atoms with van der Waals surface area (Å²) < 4.78 is 5.64. The lowest BCUT2D eigenvalue weighted by Gasteiger charge is -2.24. The summed E-state index contributed by atoms with van der Waals surface area (Å²) in [6.07, 6.45) is 14.6. The van der Waals surface area contributed by atoms with Crippen molar-refractivity contribution < 1.29 is 9.32 Å². The molecule has 0 bridgehead atoms. The number of aromatic nitrogens is 4. The zero-order valence-corrected chi connectivity index (χ0v) is 23.1. The minimum absolute atomic E-state index is 0.149. The van der Waals surface area contributed by atoms with Crippen molar-refractivity contribution in [2.24, 2.45) is 0 Å². The Bertz CT molecular complexity index is 1110. The highest BCUT2D eigenvalue weighted by molar-refractivity contribution is 9.10. The van der Waals surface area contributed by atoms with Crippen LogP contribution in [0.2, 0.25) is 0 Å². The number of carbonyl (C=O) groups excluding carboxylic acids is 1. The van der Waals surface area contributed by atoms with E-state index in [1.807, 2.05) is 29.5 Å². The van der Waals surface area contributed by atoms with Crippen LogP contribution >= 0.6 is 27.3 Å². The molecule has 9 heteroatoms. The van der Waals surface area contributed by atoms with E-state index in [0.29, 0.717) is 0 Å². The molecule has 4 aromatic rings. The molecule has 1 unspecified atom stereocenters. The quantitative estimate of drug-likeness (QED) is 0.261. The van der Waals surface area contributed by atoms with Gasteiger partial charge in [-0.15, -0.1) is 11.3 Å². The van der Waals surface area contributed by atoms with Crippen LogP contribution in [0.4, 0.5) is 0 Å². The van der Waals surface area contributed by atoms with E-state index in [1.54, 1.807) is 48.4 Å². The van der Waals surface area contributed by atoms with Gasteiger partial charge in [0.25, 0.3) is 5.91 Å². The molecule has 1 fully saturated rings. The van der Waals surface area contributed by atoms with E-state index in [2.05, 4.69) is 58.9 Å². The molecule has 36 heavy (non-hydrogen) atoms. The summed E-state index contributed by atoms with van der Waals surface area (Å²) in [5.74, 6) is 1.01. The lowest BCUT2D eigenvalue weighted by molar-refractivity contribution is 0.0736. The Morgan fingerprint density at radius 3 is 2.47 bits per heavy atom. The molecule has 0 spiro atoms. The zero-order chi connectivity index (χ0) is 25.6. The molecule has 4 heterocycles. The van der Waals surface area contributed by atoms with Crippen molar-refractivity contribution in [2.45, 2.75) is 58.4 Å². The van der Waals surface area contributed by atoms with Crippen molar-refractivity contribution in [3.8, 4) is 0 Å². The molecule has 1 aromatic carbocycles. The average Bonchev–Trinajstić information content (AvgIpc) is 3.69. The minimum Gasteiger partial charge on any atom is -0.362 e. The van der Waals surface area contributed by atoms with E-state index < -0.39 is 0 Å². The van der Waals surface area contributed by atoms with Crippen molar-refractivity contribution in [1.82, 2.24) is 25.0 Å². The number of carbonyl (C=O) groups is 1. The second-order valence-corrected chi connectivity index (χ2v) is 9.98. The Kier molecular flexibility index (Phi) is 11.7.